The molecule has 0 saturated heterocycles. The lowest BCUT2D eigenvalue weighted by atomic mass is 9.88. The molecule has 1 aliphatic carbocycles. The molecule has 2 heterocycles. The predicted molar refractivity (Wildman–Crippen MR) is 61.0 cm³/mol. The van der Waals surface area contributed by atoms with Crippen molar-refractivity contribution in [3.63, 3.8) is 0 Å². The van der Waals surface area contributed by atoms with Gasteiger partial charge in [0.1, 0.15) is 5.65 Å². The highest BCUT2D eigenvalue weighted by molar-refractivity contribution is 5.43. The van der Waals surface area contributed by atoms with Gasteiger partial charge in [-0.1, -0.05) is 19.4 Å². The Morgan fingerprint density at radius 1 is 1.47 bits per heavy atom. The van der Waals surface area contributed by atoms with Gasteiger partial charge in [-0.3, -0.25) is 0 Å². The maximum absolute atomic E-state index is 4.68. The Bertz CT molecular complexity index is 484. The first kappa shape index (κ1) is 8.96. The first-order valence-corrected chi connectivity index (χ1v) is 5.83. The Hall–Kier alpha value is -1.31. The van der Waals surface area contributed by atoms with Gasteiger partial charge in [-0.15, -0.1) is 0 Å². The first-order chi connectivity index (χ1) is 7.38. The summed E-state index contributed by atoms with van der Waals surface area (Å²) >= 11 is 0. The van der Waals surface area contributed by atoms with Crippen LogP contribution in [0.25, 0.3) is 5.65 Å². The van der Waals surface area contributed by atoms with E-state index in [2.05, 4.69) is 40.7 Å². The van der Waals surface area contributed by atoms with Crippen molar-refractivity contribution in [2.24, 2.45) is 5.92 Å². The topological polar surface area (TPSA) is 17.3 Å². The van der Waals surface area contributed by atoms with Gasteiger partial charge >= 0.3 is 0 Å². The van der Waals surface area contributed by atoms with Crippen LogP contribution in [-0.2, 0) is 12.8 Å². The molecule has 78 valence electrons. The van der Waals surface area contributed by atoms with Gasteiger partial charge in [-0.2, -0.15) is 0 Å². The zero-order chi connectivity index (χ0) is 10.3. The van der Waals surface area contributed by atoms with E-state index >= 15 is 0 Å². The van der Waals surface area contributed by atoms with Crippen molar-refractivity contribution in [2.75, 3.05) is 0 Å². The molecule has 0 aromatic carbocycles. The van der Waals surface area contributed by atoms with Crippen LogP contribution in [0.1, 0.15) is 31.2 Å². The van der Waals surface area contributed by atoms with E-state index in [4.69, 9.17) is 0 Å². The van der Waals surface area contributed by atoms with Crippen LogP contribution in [0.5, 0.6) is 0 Å². The van der Waals surface area contributed by atoms with Crippen LogP contribution in [0.2, 0.25) is 0 Å². The summed E-state index contributed by atoms with van der Waals surface area (Å²) in [5.41, 5.74) is 3.88. The monoisotopic (exact) mass is 200 g/mol. The SMILES string of the molecule is CCC1CCc2nc3ccccn3c2C1. The summed E-state index contributed by atoms with van der Waals surface area (Å²) in [4.78, 5) is 4.68. The quantitative estimate of drug-likeness (QED) is 0.692. The molecule has 2 aromatic rings. The normalized spacial score (nSPS) is 20.5. The number of rotatable bonds is 1. The van der Waals surface area contributed by atoms with Crippen LogP contribution in [0, 0.1) is 5.92 Å². The summed E-state index contributed by atoms with van der Waals surface area (Å²) in [6.45, 7) is 2.29. The largest absolute Gasteiger partial charge is 0.304 e. The molecule has 0 aliphatic heterocycles. The Morgan fingerprint density at radius 3 is 3.27 bits per heavy atom. The van der Waals surface area contributed by atoms with Gasteiger partial charge in [-0.25, -0.2) is 4.98 Å². The van der Waals surface area contributed by atoms with Crippen LogP contribution in [-0.4, -0.2) is 9.38 Å². The highest BCUT2D eigenvalue weighted by Crippen LogP contribution is 2.27. The van der Waals surface area contributed by atoms with E-state index in [1.54, 1.807) is 0 Å². The maximum atomic E-state index is 4.68. The summed E-state index contributed by atoms with van der Waals surface area (Å²) in [6.07, 6.45) is 7.11. The van der Waals surface area contributed by atoms with Gasteiger partial charge < -0.3 is 4.40 Å². The van der Waals surface area contributed by atoms with E-state index in [9.17, 15) is 0 Å². The minimum Gasteiger partial charge on any atom is -0.304 e. The van der Waals surface area contributed by atoms with Crippen molar-refractivity contribution in [3.8, 4) is 0 Å². The number of nitrogens with zero attached hydrogens (tertiary/aromatic N) is 2. The van der Waals surface area contributed by atoms with Crippen molar-refractivity contribution in [1.82, 2.24) is 9.38 Å². The summed E-state index contributed by atoms with van der Waals surface area (Å²) in [5, 5.41) is 0. The lowest BCUT2D eigenvalue weighted by Gasteiger charge is -2.20. The average molecular weight is 200 g/mol. The average Bonchev–Trinajstić information content (AvgIpc) is 2.66. The molecule has 3 rings (SSSR count). The number of hydrogen-bond donors (Lipinski definition) is 0. The van der Waals surface area contributed by atoms with Crippen molar-refractivity contribution >= 4 is 5.65 Å². The zero-order valence-electron chi connectivity index (χ0n) is 9.11. The second-order valence-electron chi connectivity index (χ2n) is 4.45. The first-order valence-electron chi connectivity index (χ1n) is 5.83. The molecule has 2 heteroatoms. The molecular formula is C13H16N2. The van der Waals surface area contributed by atoms with Gasteiger partial charge in [0, 0.05) is 11.9 Å². The Balaban J connectivity index is 2.14. The molecular weight excluding hydrogens is 184 g/mol. The number of pyridine rings is 1. The van der Waals surface area contributed by atoms with Gasteiger partial charge in [0.25, 0.3) is 0 Å². The second kappa shape index (κ2) is 3.37. The van der Waals surface area contributed by atoms with Crippen molar-refractivity contribution in [1.29, 1.82) is 0 Å². The number of fused-ring (bicyclic) bond motifs is 3. The van der Waals surface area contributed by atoms with Crippen LogP contribution < -0.4 is 0 Å². The highest BCUT2D eigenvalue weighted by atomic mass is 15.0. The lowest BCUT2D eigenvalue weighted by molar-refractivity contribution is 0.435. The third-order valence-electron chi connectivity index (χ3n) is 3.56. The molecule has 0 spiro atoms. The molecule has 2 aromatic heterocycles. The molecule has 0 N–H and O–H groups in total. The summed E-state index contributed by atoms with van der Waals surface area (Å²) < 4.78 is 2.26. The Labute approximate surface area is 90.0 Å². The fourth-order valence-corrected chi connectivity index (χ4v) is 2.58. The molecule has 0 saturated carbocycles. The third-order valence-corrected chi connectivity index (χ3v) is 3.56. The van der Waals surface area contributed by atoms with E-state index in [1.165, 1.54) is 30.7 Å². The molecule has 0 amide bonds. The summed E-state index contributed by atoms with van der Waals surface area (Å²) in [7, 11) is 0. The van der Waals surface area contributed by atoms with Crippen molar-refractivity contribution < 1.29 is 0 Å². The van der Waals surface area contributed by atoms with Gasteiger partial charge in [0.15, 0.2) is 0 Å². The molecule has 1 aliphatic rings. The van der Waals surface area contributed by atoms with E-state index in [0.717, 1.165) is 18.0 Å². The molecule has 2 nitrogen and oxygen atoms in total. The Morgan fingerprint density at radius 2 is 2.40 bits per heavy atom. The summed E-state index contributed by atoms with van der Waals surface area (Å²) in [6, 6.07) is 6.24. The fraction of sp³-hybridized carbons (Fsp3) is 0.462. The Kier molecular flexibility index (Phi) is 2.01. The summed E-state index contributed by atoms with van der Waals surface area (Å²) in [5.74, 6) is 0.859. The van der Waals surface area contributed by atoms with E-state index in [0.29, 0.717) is 0 Å². The number of aryl methyl sites for hydroxylation is 1. The van der Waals surface area contributed by atoms with E-state index in [-0.39, 0.29) is 0 Å². The number of hydrogen-bond acceptors (Lipinski definition) is 1. The number of aromatic nitrogens is 2. The highest BCUT2D eigenvalue weighted by Gasteiger charge is 2.21. The molecule has 0 radical (unpaired) electrons. The van der Waals surface area contributed by atoms with Crippen LogP contribution in [0.3, 0.4) is 0 Å². The van der Waals surface area contributed by atoms with Crippen molar-refractivity contribution in [2.45, 2.75) is 32.6 Å². The number of imidazole rings is 1. The van der Waals surface area contributed by atoms with Gasteiger partial charge in [-0.05, 0) is 37.3 Å². The minimum atomic E-state index is 0.859. The molecule has 1 unspecified atom stereocenters. The van der Waals surface area contributed by atoms with E-state index < -0.39 is 0 Å². The maximum Gasteiger partial charge on any atom is 0.137 e. The molecule has 1 atom stereocenters. The molecule has 0 bridgehead atoms. The molecule has 0 fully saturated rings. The third kappa shape index (κ3) is 1.36. The standard InChI is InChI=1S/C13H16N2/c1-2-10-6-7-11-12(9-10)15-8-4-3-5-13(15)14-11/h3-5,8,10H,2,6-7,9H2,1H3. The zero-order valence-corrected chi connectivity index (χ0v) is 9.11. The van der Waals surface area contributed by atoms with Crippen molar-refractivity contribution in [3.05, 3.63) is 35.8 Å². The predicted octanol–water partition coefficient (Wildman–Crippen LogP) is 2.85. The van der Waals surface area contributed by atoms with Crippen LogP contribution in [0.15, 0.2) is 24.4 Å². The smallest absolute Gasteiger partial charge is 0.137 e. The van der Waals surface area contributed by atoms with E-state index in [1.807, 2.05) is 0 Å². The lowest BCUT2D eigenvalue weighted by Crippen LogP contribution is -2.14. The van der Waals surface area contributed by atoms with Gasteiger partial charge in [0.05, 0.1) is 5.69 Å². The van der Waals surface area contributed by atoms with Crippen LogP contribution in [0.4, 0.5) is 0 Å². The van der Waals surface area contributed by atoms with Crippen LogP contribution >= 0.6 is 0 Å². The minimum absolute atomic E-state index is 0.859. The fourth-order valence-electron chi connectivity index (χ4n) is 2.58. The van der Waals surface area contributed by atoms with Gasteiger partial charge in [0.2, 0.25) is 0 Å². The second-order valence-corrected chi connectivity index (χ2v) is 4.45. The molecule has 15 heavy (non-hydrogen) atoms.